The Hall–Kier alpha value is -0.770. The average Bonchev–Trinajstić information content (AvgIpc) is 2.76. The number of carbonyl (C=O) groups excluding carboxylic acids is 1. The van der Waals surface area contributed by atoms with Gasteiger partial charge in [-0.3, -0.25) is 0 Å². The predicted octanol–water partition coefficient (Wildman–Crippen LogP) is 1.39. The molecule has 16 heavy (non-hydrogen) atoms. The molecule has 4 nitrogen and oxygen atoms in total. The number of likely N-dealkylation sites (tertiary alicyclic amines) is 1. The molecule has 1 aliphatic heterocycles. The minimum atomic E-state index is -0.0448. The van der Waals surface area contributed by atoms with E-state index in [0.717, 1.165) is 19.5 Å². The fourth-order valence-corrected chi connectivity index (χ4v) is 1.90. The topological polar surface area (TPSA) is 44.4 Å². The smallest absolute Gasteiger partial charge is 0.314 e. The third-order valence-corrected chi connectivity index (χ3v) is 2.81. The molecule has 0 aromatic heterocycles. The first kappa shape index (κ1) is 13.3. The molecule has 0 unspecified atom stereocenters. The van der Waals surface area contributed by atoms with Crippen molar-refractivity contribution in [2.24, 2.45) is 0 Å². The van der Waals surface area contributed by atoms with Crippen LogP contribution in [0.3, 0.4) is 0 Å². The van der Waals surface area contributed by atoms with Gasteiger partial charge in [0.05, 0.1) is 0 Å². The highest BCUT2D eigenvalue weighted by molar-refractivity contribution is 5.73. The van der Waals surface area contributed by atoms with Crippen molar-refractivity contribution in [3.05, 3.63) is 6.42 Å². The van der Waals surface area contributed by atoms with Crippen LogP contribution in [0.2, 0.25) is 0 Å². The van der Waals surface area contributed by atoms with Crippen molar-refractivity contribution in [2.75, 3.05) is 32.7 Å². The molecule has 0 aromatic carbocycles. The Morgan fingerprint density at radius 1 is 1.31 bits per heavy atom. The fourth-order valence-electron chi connectivity index (χ4n) is 1.90. The minimum Gasteiger partial charge on any atom is -0.338 e. The molecule has 1 saturated heterocycles. The lowest BCUT2D eigenvalue weighted by Crippen LogP contribution is -2.35. The molecule has 4 heteroatoms. The monoisotopic (exact) mass is 226 g/mol. The van der Waals surface area contributed by atoms with E-state index in [0.29, 0.717) is 6.54 Å². The van der Waals surface area contributed by atoms with E-state index in [9.17, 15) is 4.79 Å². The van der Waals surface area contributed by atoms with Crippen LogP contribution < -0.4 is 10.6 Å². The van der Waals surface area contributed by atoms with Crippen molar-refractivity contribution in [3.8, 4) is 0 Å². The Morgan fingerprint density at radius 2 is 2.19 bits per heavy atom. The number of amides is 2. The van der Waals surface area contributed by atoms with Crippen molar-refractivity contribution in [1.82, 2.24) is 15.5 Å². The van der Waals surface area contributed by atoms with E-state index >= 15 is 0 Å². The number of unbranched alkanes of at least 4 members (excludes halogenated alkanes) is 2. The summed E-state index contributed by atoms with van der Waals surface area (Å²) in [5.41, 5.74) is 0. The van der Waals surface area contributed by atoms with Gasteiger partial charge in [-0.2, -0.15) is 0 Å². The average molecular weight is 226 g/mol. The summed E-state index contributed by atoms with van der Waals surface area (Å²) in [5, 5.41) is 5.56. The molecule has 0 bridgehead atoms. The van der Waals surface area contributed by atoms with E-state index in [1.54, 1.807) is 0 Å². The highest BCUT2D eigenvalue weighted by atomic mass is 16.2. The van der Waals surface area contributed by atoms with Gasteiger partial charge in [-0.05, 0) is 45.7 Å². The molecule has 2 N–H and O–H groups in total. The second-order valence-electron chi connectivity index (χ2n) is 4.22. The van der Waals surface area contributed by atoms with Gasteiger partial charge in [-0.25, -0.2) is 4.79 Å². The molecule has 1 aliphatic rings. The molecule has 1 heterocycles. The van der Waals surface area contributed by atoms with Gasteiger partial charge in [0.15, 0.2) is 0 Å². The maximum absolute atomic E-state index is 11.1. The van der Waals surface area contributed by atoms with Gasteiger partial charge >= 0.3 is 6.03 Å². The molecular weight excluding hydrogens is 202 g/mol. The highest BCUT2D eigenvalue weighted by Crippen LogP contribution is 2.07. The zero-order chi connectivity index (χ0) is 11.6. The van der Waals surface area contributed by atoms with Crippen LogP contribution in [0.25, 0.3) is 0 Å². The lowest BCUT2D eigenvalue weighted by Gasteiger charge is -2.13. The Morgan fingerprint density at radius 3 is 2.88 bits per heavy atom. The molecular formula is C12H24N3O. The number of rotatable bonds is 7. The zero-order valence-corrected chi connectivity index (χ0v) is 10.3. The van der Waals surface area contributed by atoms with Crippen LogP contribution in [-0.2, 0) is 0 Å². The molecule has 0 saturated carbocycles. The summed E-state index contributed by atoms with van der Waals surface area (Å²) in [4.78, 5) is 13.5. The van der Waals surface area contributed by atoms with Gasteiger partial charge < -0.3 is 15.5 Å². The Labute approximate surface area is 98.8 Å². The highest BCUT2D eigenvalue weighted by Gasteiger charge is 2.10. The minimum absolute atomic E-state index is 0.0448. The first-order chi connectivity index (χ1) is 7.83. The third kappa shape index (κ3) is 5.95. The molecule has 0 atom stereocenters. The van der Waals surface area contributed by atoms with Gasteiger partial charge in [-0.1, -0.05) is 6.42 Å². The van der Waals surface area contributed by atoms with Crippen LogP contribution in [0.1, 0.15) is 32.6 Å². The third-order valence-electron chi connectivity index (χ3n) is 2.81. The van der Waals surface area contributed by atoms with Gasteiger partial charge in [0.2, 0.25) is 0 Å². The van der Waals surface area contributed by atoms with E-state index < -0.39 is 0 Å². The van der Waals surface area contributed by atoms with Crippen molar-refractivity contribution in [2.45, 2.75) is 32.6 Å². The first-order valence-corrected chi connectivity index (χ1v) is 6.38. The van der Waals surface area contributed by atoms with Crippen molar-refractivity contribution in [3.63, 3.8) is 0 Å². The van der Waals surface area contributed by atoms with E-state index in [1.165, 1.54) is 32.4 Å². The summed E-state index contributed by atoms with van der Waals surface area (Å²) in [7, 11) is 0. The van der Waals surface area contributed by atoms with Crippen LogP contribution in [0, 0.1) is 6.42 Å². The van der Waals surface area contributed by atoms with Crippen molar-refractivity contribution >= 4 is 6.03 Å². The van der Waals surface area contributed by atoms with Crippen LogP contribution >= 0.6 is 0 Å². The number of hydrogen-bond donors (Lipinski definition) is 2. The standard InChI is InChI=1S/C12H24N3O/c1-2-13-12(16)14-8-4-3-5-9-15-10-6-7-11-15/h6H,2-5,7-11H2,1H3,(H2,13,14,16). The molecule has 1 rings (SSSR count). The first-order valence-electron chi connectivity index (χ1n) is 6.38. The second-order valence-corrected chi connectivity index (χ2v) is 4.22. The van der Waals surface area contributed by atoms with Crippen LogP contribution in [0.15, 0.2) is 0 Å². The zero-order valence-electron chi connectivity index (χ0n) is 10.3. The molecule has 1 radical (unpaired) electrons. The van der Waals surface area contributed by atoms with Gasteiger partial charge in [0.25, 0.3) is 0 Å². The number of nitrogens with zero attached hydrogens (tertiary/aromatic N) is 1. The maximum Gasteiger partial charge on any atom is 0.314 e. The molecule has 2 amide bonds. The van der Waals surface area contributed by atoms with Crippen molar-refractivity contribution in [1.29, 1.82) is 0 Å². The summed E-state index contributed by atoms with van der Waals surface area (Å²) in [6.07, 6.45) is 7.11. The van der Waals surface area contributed by atoms with Crippen LogP contribution in [-0.4, -0.2) is 43.7 Å². The van der Waals surface area contributed by atoms with Crippen LogP contribution in [0.4, 0.5) is 4.79 Å². The van der Waals surface area contributed by atoms with Gasteiger partial charge in [-0.15, -0.1) is 0 Å². The number of hydrogen-bond acceptors (Lipinski definition) is 2. The second kappa shape index (κ2) is 8.39. The normalized spacial score (nSPS) is 16.3. The van der Waals surface area contributed by atoms with Gasteiger partial charge in [0, 0.05) is 19.6 Å². The lowest BCUT2D eigenvalue weighted by molar-refractivity contribution is 0.241. The number of carbonyl (C=O) groups is 1. The van der Waals surface area contributed by atoms with E-state index in [1.807, 2.05) is 6.92 Å². The summed E-state index contributed by atoms with van der Waals surface area (Å²) in [6.45, 7) is 7.01. The SMILES string of the molecule is CCNC(=O)NCCCCCN1C[CH]CC1. The van der Waals surface area contributed by atoms with E-state index in [2.05, 4.69) is 22.0 Å². The van der Waals surface area contributed by atoms with Gasteiger partial charge in [0.1, 0.15) is 0 Å². The molecule has 93 valence electrons. The maximum atomic E-state index is 11.1. The number of nitrogens with one attached hydrogen (secondary N) is 2. The molecule has 1 fully saturated rings. The predicted molar refractivity (Wildman–Crippen MR) is 66.3 cm³/mol. The lowest BCUT2D eigenvalue weighted by atomic mass is 10.2. The summed E-state index contributed by atoms with van der Waals surface area (Å²) in [6, 6.07) is -0.0448. The Bertz CT molecular complexity index is 191. The molecule has 0 aromatic rings. The summed E-state index contributed by atoms with van der Waals surface area (Å²) >= 11 is 0. The van der Waals surface area contributed by atoms with E-state index in [4.69, 9.17) is 0 Å². The quantitative estimate of drug-likeness (QED) is 0.644. The van der Waals surface area contributed by atoms with Crippen LogP contribution in [0.5, 0.6) is 0 Å². The summed E-state index contributed by atoms with van der Waals surface area (Å²) in [5.74, 6) is 0. The fraction of sp³-hybridized carbons (Fsp3) is 0.833. The Balaban J connectivity index is 1.82. The largest absolute Gasteiger partial charge is 0.338 e. The van der Waals surface area contributed by atoms with E-state index in [-0.39, 0.29) is 6.03 Å². The number of urea groups is 1. The summed E-state index contributed by atoms with van der Waals surface area (Å²) < 4.78 is 0. The molecule has 0 spiro atoms. The molecule has 0 aliphatic carbocycles. The Kier molecular flexibility index (Phi) is 6.97. The van der Waals surface area contributed by atoms with Crippen molar-refractivity contribution < 1.29 is 4.79 Å².